The van der Waals surface area contributed by atoms with Gasteiger partial charge < -0.3 is 9.47 Å². The van der Waals surface area contributed by atoms with E-state index in [2.05, 4.69) is 0 Å². The fourth-order valence-electron chi connectivity index (χ4n) is 3.26. The van der Waals surface area contributed by atoms with Crippen molar-refractivity contribution in [2.24, 2.45) is 0 Å². The summed E-state index contributed by atoms with van der Waals surface area (Å²) < 4.78 is 11.7. The molecule has 0 spiro atoms. The van der Waals surface area contributed by atoms with E-state index < -0.39 is 0 Å². The molecule has 0 bridgehead atoms. The number of carbonyl (C=O) groups is 2. The van der Waals surface area contributed by atoms with Gasteiger partial charge in [0.15, 0.2) is 11.5 Å². The summed E-state index contributed by atoms with van der Waals surface area (Å²) in [6.45, 7) is 6.73. The first-order valence-corrected chi connectivity index (χ1v) is 12.0. The number of amides is 2. The SMILES string of the molecule is CCOc1cc(/C=C2/SC(=O)N(CCCc3ccccc3)C2=O)cc(Cl)c1O[C@H](C)CC. The maximum Gasteiger partial charge on any atom is 0.293 e. The van der Waals surface area contributed by atoms with Crippen LogP contribution in [-0.4, -0.2) is 35.3 Å². The highest BCUT2D eigenvalue weighted by molar-refractivity contribution is 8.18. The molecule has 2 amide bonds. The minimum absolute atomic E-state index is 0.00931. The normalized spacial score (nSPS) is 16.0. The summed E-state index contributed by atoms with van der Waals surface area (Å²) in [4.78, 5) is 27.0. The molecule has 0 aliphatic carbocycles. The van der Waals surface area contributed by atoms with Gasteiger partial charge in [-0.3, -0.25) is 14.5 Å². The summed E-state index contributed by atoms with van der Waals surface area (Å²) in [7, 11) is 0. The molecule has 1 heterocycles. The number of rotatable bonds is 10. The zero-order valence-corrected chi connectivity index (χ0v) is 20.2. The van der Waals surface area contributed by atoms with Gasteiger partial charge in [-0.1, -0.05) is 48.9 Å². The van der Waals surface area contributed by atoms with E-state index in [-0.39, 0.29) is 17.3 Å². The van der Waals surface area contributed by atoms with Gasteiger partial charge in [-0.15, -0.1) is 0 Å². The molecule has 2 aromatic rings. The van der Waals surface area contributed by atoms with Gasteiger partial charge in [0.25, 0.3) is 11.1 Å². The number of halogens is 1. The molecule has 0 aromatic heterocycles. The van der Waals surface area contributed by atoms with Gasteiger partial charge in [0, 0.05) is 6.54 Å². The highest BCUT2D eigenvalue weighted by Crippen LogP contribution is 2.39. The third-order valence-electron chi connectivity index (χ3n) is 5.09. The van der Waals surface area contributed by atoms with Crippen molar-refractivity contribution < 1.29 is 19.1 Å². The van der Waals surface area contributed by atoms with Gasteiger partial charge in [0.1, 0.15) is 0 Å². The number of hydrogen-bond acceptors (Lipinski definition) is 5. The first-order chi connectivity index (χ1) is 15.4. The van der Waals surface area contributed by atoms with Gasteiger partial charge in [-0.05, 0) is 74.2 Å². The van der Waals surface area contributed by atoms with Crippen molar-refractivity contribution >= 4 is 40.6 Å². The van der Waals surface area contributed by atoms with Gasteiger partial charge >= 0.3 is 0 Å². The first-order valence-electron chi connectivity index (χ1n) is 10.8. The predicted octanol–water partition coefficient (Wildman–Crippen LogP) is 6.59. The van der Waals surface area contributed by atoms with E-state index in [4.69, 9.17) is 21.1 Å². The van der Waals surface area contributed by atoms with Crippen LogP contribution in [-0.2, 0) is 11.2 Å². The van der Waals surface area contributed by atoms with Crippen LogP contribution in [0, 0.1) is 0 Å². The molecule has 32 heavy (non-hydrogen) atoms. The Morgan fingerprint density at radius 3 is 2.59 bits per heavy atom. The molecule has 1 fully saturated rings. The lowest BCUT2D eigenvalue weighted by Gasteiger charge is -2.18. The summed E-state index contributed by atoms with van der Waals surface area (Å²) >= 11 is 7.42. The van der Waals surface area contributed by atoms with E-state index in [9.17, 15) is 9.59 Å². The molecule has 2 aromatic carbocycles. The fourth-order valence-corrected chi connectivity index (χ4v) is 4.39. The number of hydrogen-bond donors (Lipinski definition) is 0. The molecule has 0 saturated carbocycles. The van der Waals surface area contributed by atoms with Crippen LogP contribution in [0.1, 0.15) is 44.7 Å². The standard InChI is InChI=1S/C25H28ClNO4S/c1-4-17(3)31-23-20(26)14-19(15-21(23)30-5-2)16-22-24(28)27(25(29)32-22)13-9-12-18-10-7-6-8-11-18/h6-8,10-11,14-17H,4-5,9,12-13H2,1-3H3/b22-16+/t17-/m1/s1. The lowest BCUT2D eigenvalue weighted by Crippen LogP contribution is -2.29. The summed E-state index contributed by atoms with van der Waals surface area (Å²) in [5.41, 5.74) is 1.87. The van der Waals surface area contributed by atoms with E-state index in [0.717, 1.165) is 31.0 Å². The Labute approximate surface area is 198 Å². The number of aryl methyl sites for hydroxylation is 1. The average molecular weight is 474 g/mol. The van der Waals surface area contributed by atoms with Crippen molar-refractivity contribution in [3.8, 4) is 11.5 Å². The van der Waals surface area contributed by atoms with Crippen molar-refractivity contribution in [2.75, 3.05) is 13.2 Å². The second kappa shape index (κ2) is 11.4. The molecule has 5 nitrogen and oxygen atoms in total. The van der Waals surface area contributed by atoms with Crippen molar-refractivity contribution in [2.45, 2.75) is 46.1 Å². The zero-order valence-electron chi connectivity index (χ0n) is 18.6. The Morgan fingerprint density at radius 1 is 1.16 bits per heavy atom. The van der Waals surface area contributed by atoms with E-state index >= 15 is 0 Å². The number of nitrogens with zero attached hydrogens (tertiary/aromatic N) is 1. The number of benzene rings is 2. The maximum absolute atomic E-state index is 12.8. The summed E-state index contributed by atoms with van der Waals surface area (Å²) in [5, 5.41) is 0.159. The molecule has 1 aliphatic rings. The Morgan fingerprint density at radius 2 is 1.91 bits per heavy atom. The molecule has 170 valence electrons. The molecule has 1 saturated heterocycles. The van der Waals surface area contributed by atoms with Crippen molar-refractivity contribution in [1.82, 2.24) is 4.90 Å². The van der Waals surface area contributed by atoms with Crippen LogP contribution in [0.15, 0.2) is 47.4 Å². The molecule has 0 radical (unpaired) electrons. The van der Waals surface area contributed by atoms with Crippen LogP contribution in [0.5, 0.6) is 11.5 Å². The van der Waals surface area contributed by atoms with Crippen LogP contribution in [0.4, 0.5) is 4.79 Å². The highest BCUT2D eigenvalue weighted by Gasteiger charge is 2.34. The van der Waals surface area contributed by atoms with E-state index in [0.29, 0.717) is 40.1 Å². The van der Waals surface area contributed by atoms with E-state index in [1.165, 1.54) is 10.5 Å². The minimum atomic E-state index is -0.276. The number of thioether (sulfide) groups is 1. The molecule has 0 unspecified atom stereocenters. The van der Waals surface area contributed by atoms with Gasteiger partial charge in [0.2, 0.25) is 0 Å². The van der Waals surface area contributed by atoms with Gasteiger partial charge in [-0.25, -0.2) is 0 Å². The predicted molar refractivity (Wildman–Crippen MR) is 130 cm³/mol. The molecule has 3 rings (SSSR count). The van der Waals surface area contributed by atoms with Gasteiger partial charge in [0.05, 0.1) is 22.6 Å². The number of carbonyl (C=O) groups excluding carboxylic acids is 2. The Bertz CT molecular complexity index is 993. The third-order valence-corrected chi connectivity index (χ3v) is 6.28. The maximum atomic E-state index is 12.8. The Hall–Kier alpha value is -2.44. The minimum Gasteiger partial charge on any atom is -0.490 e. The summed E-state index contributed by atoms with van der Waals surface area (Å²) in [5.74, 6) is 0.741. The average Bonchev–Trinajstić information content (AvgIpc) is 3.04. The Balaban J connectivity index is 1.74. The molecule has 7 heteroatoms. The van der Waals surface area contributed by atoms with Crippen LogP contribution in [0.3, 0.4) is 0 Å². The van der Waals surface area contributed by atoms with Crippen molar-refractivity contribution in [3.05, 3.63) is 63.5 Å². The molecular formula is C25H28ClNO4S. The third kappa shape index (κ3) is 6.08. The highest BCUT2D eigenvalue weighted by atomic mass is 35.5. The van der Waals surface area contributed by atoms with Gasteiger partial charge in [-0.2, -0.15) is 0 Å². The summed E-state index contributed by atoms with van der Waals surface area (Å²) in [6, 6.07) is 13.5. The van der Waals surface area contributed by atoms with Crippen LogP contribution in [0.2, 0.25) is 5.02 Å². The van der Waals surface area contributed by atoms with Crippen molar-refractivity contribution in [1.29, 1.82) is 0 Å². The topological polar surface area (TPSA) is 55.8 Å². The summed E-state index contributed by atoms with van der Waals surface area (Å²) in [6.07, 6.45) is 4.04. The lowest BCUT2D eigenvalue weighted by atomic mass is 10.1. The lowest BCUT2D eigenvalue weighted by molar-refractivity contribution is -0.122. The molecule has 1 atom stereocenters. The van der Waals surface area contributed by atoms with Crippen molar-refractivity contribution in [3.63, 3.8) is 0 Å². The van der Waals surface area contributed by atoms with E-state index in [1.807, 2.05) is 51.1 Å². The van der Waals surface area contributed by atoms with Crippen LogP contribution >= 0.6 is 23.4 Å². The molecule has 1 aliphatic heterocycles. The Kier molecular flexibility index (Phi) is 8.65. The van der Waals surface area contributed by atoms with E-state index in [1.54, 1.807) is 18.2 Å². The van der Waals surface area contributed by atoms with Crippen LogP contribution < -0.4 is 9.47 Å². The zero-order chi connectivity index (χ0) is 23.1. The molecule has 0 N–H and O–H groups in total. The second-order valence-electron chi connectivity index (χ2n) is 7.52. The smallest absolute Gasteiger partial charge is 0.293 e. The monoisotopic (exact) mass is 473 g/mol. The molecular weight excluding hydrogens is 446 g/mol. The van der Waals surface area contributed by atoms with Crippen LogP contribution in [0.25, 0.3) is 6.08 Å². The first kappa shape index (κ1) is 24.2. The second-order valence-corrected chi connectivity index (χ2v) is 8.92. The largest absolute Gasteiger partial charge is 0.490 e. The quantitative estimate of drug-likeness (QED) is 0.364. The number of imide groups is 1. The fraction of sp³-hybridized carbons (Fsp3) is 0.360. The number of ether oxygens (including phenoxy) is 2.